The highest BCUT2D eigenvalue weighted by Gasteiger charge is 2.27. The standard InChI is InChI=1S/C8H6F4N2O2/c9-6-2-1-5(14(15)16)3-7(6)13-4-8(10,11)12/h1-3,13H,4H2. The van der Waals surface area contributed by atoms with E-state index in [1.807, 2.05) is 0 Å². The van der Waals surface area contributed by atoms with Crippen LogP contribution in [0.5, 0.6) is 0 Å². The van der Waals surface area contributed by atoms with Crippen LogP contribution in [-0.4, -0.2) is 17.6 Å². The van der Waals surface area contributed by atoms with Crippen LogP contribution in [0.2, 0.25) is 0 Å². The SMILES string of the molecule is O=[N+]([O-])c1ccc(F)c(NCC(F)(F)F)c1. The topological polar surface area (TPSA) is 55.2 Å². The van der Waals surface area contributed by atoms with Gasteiger partial charge in [0.2, 0.25) is 0 Å². The minimum absolute atomic E-state index is 0.480. The van der Waals surface area contributed by atoms with Gasteiger partial charge in [0.15, 0.2) is 0 Å². The molecule has 0 fully saturated rings. The predicted octanol–water partition coefficient (Wildman–Crippen LogP) is 2.71. The molecule has 1 aromatic rings. The molecule has 0 unspecified atom stereocenters. The molecule has 0 aliphatic rings. The number of anilines is 1. The van der Waals surface area contributed by atoms with Gasteiger partial charge in [0.1, 0.15) is 12.4 Å². The number of nitro benzene ring substituents is 1. The minimum Gasteiger partial charge on any atom is -0.374 e. The summed E-state index contributed by atoms with van der Waals surface area (Å²) in [7, 11) is 0. The first-order valence-electron chi connectivity index (χ1n) is 4.04. The van der Waals surface area contributed by atoms with Crippen molar-refractivity contribution in [3.63, 3.8) is 0 Å². The van der Waals surface area contributed by atoms with Crippen molar-refractivity contribution < 1.29 is 22.5 Å². The summed E-state index contributed by atoms with van der Waals surface area (Å²) in [4.78, 5) is 9.48. The second kappa shape index (κ2) is 4.33. The normalized spacial score (nSPS) is 11.2. The third kappa shape index (κ3) is 3.37. The number of nitrogens with zero attached hydrogens (tertiary/aromatic N) is 1. The maximum atomic E-state index is 13.0. The van der Waals surface area contributed by atoms with Gasteiger partial charge in [-0.3, -0.25) is 10.1 Å². The van der Waals surface area contributed by atoms with Gasteiger partial charge < -0.3 is 5.32 Å². The summed E-state index contributed by atoms with van der Waals surface area (Å²) in [6.07, 6.45) is -4.52. The lowest BCUT2D eigenvalue weighted by molar-refractivity contribution is -0.384. The minimum atomic E-state index is -4.52. The number of alkyl halides is 3. The summed E-state index contributed by atoms with van der Waals surface area (Å²) in [5.41, 5.74) is -1.03. The number of hydrogen-bond acceptors (Lipinski definition) is 3. The molecule has 4 nitrogen and oxygen atoms in total. The lowest BCUT2D eigenvalue weighted by Gasteiger charge is -2.09. The van der Waals surface area contributed by atoms with Gasteiger partial charge in [-0.05, 0) is 6.07 Å². The summed E-state index contributed by atoms with van der Waals surface area (Å²) in [6, 6.07) is 2.31. The van der Waals surface area contributed by atoms with E-state index in [0.717, 1.165) is 12.1 Å². The highest BCUT2D eigenvalue weighted by molar-refractivity contribution is 5.52. The maximum absolute atomic E-state index is 13.0. The summed E-state index contributed by atoms with van der Waals surface area (Å²) >= 11 is 0. The molecule has 0 spiro atoms. The first-order valence-corrected chi connectivity index (χ1v) is 4.04. The third-order valence-electron chi connectivity index (χ3n) is 1.64. The Morgan fingerprint density at radius 1 is 1.38 bits per heavy atom. The van der Waals surface area contributed by atoms with Crippen molar-refractivity contribution in [2.24, 2.45) is 0 Å². The number of rotatable bonds is 3. The van der Waals surface area contributed by atoms with E-state index in [2.05, 4.69) is 0 Å². The Morgan fingerprint density at radius 3 is 2.50 bits per heavy atom. The molecule has 0 saturated heterocycles. The highest BCUT2D eigenvalue weighted by Crippen LogP contribution is 2.23. The van der Waals surface area contributed by atoms with E-state index in [1.165, 1.54) is 0 Å². The first-order chi connectivity index (χ1) is 7.29. The van der Waals surface area contributed by atoms with Crippen molar-refractivity contribution in [2.75, 3.05) is 11.9 Å². The molecule has 0 aliphatic heterocycles. The number of nitro groups is 1. The van der Waals surface area contributed by atoms with Crippen molar-refractivity contribution in [3.8, 4) is 0 Å². The number of halogens is 4. The molecule has 1 rings (SSSR count). The van der Waals surface area contributed by atoms with Crippen LogP contribution in [0.15, 0.2) is 18.2 Å². The van der Waals surface area contributed by atoms with Gasteiger partial charge in [-0.1, -0.05) is 0 Å². The summed E-state index contributed by atoms with van der Waals surface area (Å²) in [5.74, 6) is -0.977. The van der Waals surface area contributed by atoms with Crippen LogP contribution in [0.1, 0.15) is 0 Å². The predicted molar refractivity (Wildman–Crippen MR) is 47.6 cm³/mol. The van der Waals surface area contributed by atoms with Gasteiger partial charge in [-0.2, -0.15) is 13.2 Å². The fourth-order valence-corrected chi connectivity index (χ4v) is 0.958. The molecule has 0 heterocycles. The van der Waals surface area contributed by atoms with Gasteiger partial charge in [0.25, 0.3) is 5.69 Å². The second-order valence-corrected chi connectivity index (χ2v) is 2.89. The van der Waals surface area contributed by atoms with Gasteiger partial charge >= 0.3 is 6.18 Å². The zero-order valence-corrected chi connectivity index (χ0v) is 7.71. The molecule has 0 saturated carbocycles. The smallest absolute Gasteiger partial charge is 0.374 e. The summed E-state index contributed by atoms with van der Waals surface area (Å²) in [6.45, 7) is -1.45. The van der Waals surface area contributed by atoms with Crippen LogP contribution in [0.25, 0.3) is 0 Å². The van der Waals surface area contributed by atoms with Crippen molar-refractivity contribution >= 4 is 11.4 Å². The van der Waals surface area contributed by atoms with Crippen LogP contribution in [0.3, 0.4) is 0 Å². The molecule has 0 radical (unpaired) electrons. The Morgan fingerprint density at radius 2 is 2.00 bits per heavy atom. The van der Waals surface area contributed by atoms with E-state index in [4.69, 9.17) is 0 Å². The quantitative estimate of drug-likeness (QED) is 0.500. The van der Waals surface area contributed by atoms with Crippen molar-refractivity contribution in [1.82, 2.24) is 0 Å². The molecule has 1 aromatic carbocycles. The van der Waals surface area contributed by atoms with Crippen LogP contribution in [-0.2, 0) is 0 Å². The molecule has 0 bridgehead atoms. The molecule has 0 amide bonds. The molecule has 16 heavy (non-hydrogen) atoms. The number of nitrogens with one attached hydrogen (secondary N) is 1. The highest BCUT2D eigenvalue weighted by atomic mass is 19.4. The van der Waals surface area contributed by atoms with Crippen LogP contribution in [0.4, 0.5) is 28.9 Å². The zero-order chi connectivity index (χ0) is 12.3. The van der Waals surface area contributed by atoms with Crippen molar-refractivity contribution in [2.45, 2.75) is 6.18 Å². The zero-order valence-electron chi connectivity index (χ0n) is 7.71. The van der Waals surface area contributed by atoms with Gasteiger partial charge in [0.05, 0.1) is 10.6 Å². The second-order valence-electron chi connectivity index (χ2n) is 2.89. The molecule has 0 aromatic heterocycles. The Balaban J connectivity index is 2.86. The first kappa shape index (κ1) is 12.2. The maximum Gasteiger partial charge on any atom is 0.405 e. The molecule has 0 aliphatic carbocycles. The van der Waals surface area contributed by atoms with Crippen LogP contribution in [0, 0.1) is 15.9 Å². The lowest BCUT2D eigenvalue weighted by atomic mass is 10.2. The lowest BCUT2D eigenvalue weighted by Crippen LogP contribution is -2.21. The van der Waals surface area contributed by atoms with E-state index in [-0.39, 0.29) is 0 Å². The van der Waals surface area contributed by atoms with E-state index in [1.54, 1.807) is 5.32 Å². The number of non-ortho nitro benzene ring substituents is 1. The molecule has 8 heteroatoms. The van der Waals surface area contributed by atoms with E-state index >= 15 is 0 Å². The average molecular weight is 238 g/mol. The van der Waals surface area contributed by atoms with E-state index in [9.17, 15) is 27.7 Å². The number of hydrogen-bond donors (Lipinski definition) is 1. The monoisotopic (exact) mass is 238 g/mol. The van der Waals surface area contributed by atoms with Gasteiger partial charge in [-0.15, -0.1) is 0 Å². The third-order valence-corrected chi connectivity index (χ3v) is 1.64. The molecular formula is C8H6F4N2O2. The molecule has 88 valence electrons. The summed E-state index contributed by atoms with van der Waals surface area (Å²) < 4.78 is 48.4. The van der Waals surface area contributed by atoms with Gasteiger partial charge in [-0.25, -0.2) is 4.39 Å². The molecule has 1 N–H and O–H groups in total. The Bertz CT molecular complexity index is 406. The number of benzene rings is 1. The van der Waals surface area contributed by atoms with Gasteiger partial charge in [0, 0.05) is 12.1 Å². The fourth-order valence-electron chi connectivity index (χ4n) is 0.958. The van der Waals surface area contributed by atoms with Crippen LogP contribution >= 0.6 is 0 Å². The van der Waals surface area contributed by atoms with Crippen molar-refractivity contribution in [3.05, 3.63) is 34.1 Å². The summed E-state index contributed by atoms with van der Waals surface area (Å²) in [5, 5.41) is 12.0. The van der Waals surface area contributed by atoms with Crippen molar-refractivity contribution in [1.29, 1.82) is 0 Å². The van der Waals surface area contributed by atoms with E-state index in [0.29, 0.717) is 6.07 Å². The Hall–Kier alpha value is -1.86. The molecule has 0 atom stereocenters. The fraction of sp³-hybridized carbons (Fsp3) is 0.250. The van der Waals surface area contributed by atoms with E-state index < -0.39 is 34.8 Å². The van der Waals surface area contributed by atoms with Crippen LogP contribution < -0.4 is 5.32 Å². The average Bonchev–Trinajstić information content (AvgIpc) is 2.14. The Labute approximate surface area is 87.0 Å². The Kier molecular flexibility index (Phi) is 3.31. The molecular weight excluding hydrogens is 232 g/mol. The largest absolute Gasteiger partial charge is 0.405 e.